The molecule has 0 bridgehead atoms. The van der Waals surface area contributed by atoms with E-state index in [0.717, 1.165) is 24.8 Å². The second-order valence-corrected chi connectivity index (χ2v) is 5.43. The molecule has 7 heteroatoms. The molecule has 2 atom stereocenters. The fourth-order valence-corrected chi connectivity index (χ4v) is 3.01. The molecule has 0 radical (unpaired) electrons. The van der Waals surface area contributed by atoms with Crippen LogP contribution in [0.3, 0.4) is 0 Å². The number of H-pyrrole nitrogens is 1. The van der Waals surface area contributed by atoms with Gasteiger partial charge in [0, 0.05) is 13.2 Å². The summed E-state index contributed by atoms with van der Waals surface area (Å²) >= 11 is 0. The number of fused-ring (bicyclic) bond motifs is 1. The summed E-state index contributed by atoms with van der Waals surface area (Å²) in [5.74, 6) is 1.80. The molecule has 1 saturated carbocycles. The van der Waals surface area contributed by atoms with Gasteiger partial charge < -0.3 is 16.2 Å². The maximum absolute atomic E-state index is 9.45. The van der Waals surface area contributed by atoms with E-state index in [9.17, 15) is 5.11 Å². The van der Waals surface area contributed by atoms with Crippen LogP contribution in [-0.2, 0) is 0 Å². The van der Waals surface area contributed by atoms with Gasteiger partial charge in [-0.1, -0.05) is 12.8 Å². The van der Waals surface area contributed by atoms with Crippen LogP contribution in [0, 0.1) is 11.8 Å². The van der Waals surface area contributed by atoms with E-state index in [1.165, 1.54) is 12.8 Å². The number of hydrogen-bond donors (Lipinski definition) is 4. The predicted octanol–water partition coefficient (Wildman–Crippen LogP) is 1.15. The van der Waals surface area contributed by atoms with Crippen molar-refractivity contribution in [3.63, 3.8) is 0 Å². The lowest BCUT2D eigenvalue weighted by atomic mass is 9.79. The molecular weight excluding hydrogens is 256 g/mol. The first-order chi connectivity index (χ1) is 9.78. The summed E-state index contributed by atoms with van der Waals surface area (Å²) in [4.78, 5) is 8.33. The number of rotatable bonds is 4. The van der Waals surface area contributed by atoms with Crippen LogP contribution >= 0.6 is 0 Å². The third kappa shape index (κ3) is 2.53. The summed E-state index contributed by atoms with van der Waals surface area (Å²) < 4.78 is 0. The van der Waals surface area contributed by atoms with E-state index in [2.05, 4.69) is 25.5 Å². The molecule has 0 aromatic carbocycles. The standard InChI is InChI=1S/C13H20N6O/c14-13-17-11(10-6-16-19-12(10)18-13)15-5-8-3-1-2-4-9(8)7-20/h6,8-9,20H,1-5,7H2,(H4,14,15,16,17,18,19). The van der Waals surface area contributed by atoms with Crippen LogP contribution in [0.1, 0.15) is 25.7 Å². The van der Waals surface area contributed by atoms with Crippen molar-refractivity contribution in [1.82, 2.24) is 20.2 Å². The first-order valence-electron chi connectivity index (χ1n) is 7.09. The van der Waals surface area contributed by atoms with E-state index in [4.69, 9.17) is 5.73 Å². The monoisotopic (exact) mass is 276 g/mol. The van der Waals surface area contributed by atoms with Gasteiger partial charge in [-0.05, 0) is 24.7 Å². The second-order valence-electron chi connectivity index (χ2n) is 5.43. The average Bonchev–Trinajstić information content (AvgIpc) is 2.93. The van der Waals surface area contributed by atoms with E-state index in [0.29, 0.717) is 23.3 Å². The summed E-state index contributed by atoms with van der Waals surface area (Å²) in [6, 6.07) is 0. The van der Waals surface area contributed by atoms with Gasteiger partial charge in [0.15, 0.2) is 5.65 Å². The number of aromatic nitrogens is 4. The van der Waals surface area contributed by atoms with Gasteiger partial charge in [-0.25, -0.2) is 0 Å². The predicted molar refractivity (Wildman–Crippen MR) is 77.1 cm³/mol. The van der Waals surface area contributed by atoms with Crippen molar-refractivity contribution < 1.29 is 5.11 Å². The van der Waals surface area contributed by atoms with Gasteiger partial charge in [0.1, 0.15) is 5.82 Å². The molecule has 0 saturated heterocycles. The van der Waals surface area contributed by atoms with Gasteiger partial charge in [0.25, 0.3) is 0 Å². The van der Waals surface area contributed by atoms with Crippen LogP contribution in [0.25, 0.3) is 11.0 Å². The molecule has 0 amide bonds. The topological polar surface area (TPSA) is 113 Å². The summed E-state index contributed by atoms with van der Waals surface area (Å²) in [7, 11) is 0. The van der Waals surface area contributed by atoms with E-state index in [-0.39, 0.29) is 12.6 Å². The highest BCUT2D eigenvalue weighted by Gasteiger charge is 2.24. The summed E-state index contributed by atoms with van der Waals surface area (Å²) in [6.07, 6.45) is 6.40. The number of aliphatic hydroxyl groups excluding tert-OH is 1. The zero-order valence-electron chi connectivity index (χ0n) is 11.3. The van der Waals surface area contributed by atoms with Crippen LogP contribution in [0.15, 0.2) is 6.20 Å². The molecule has 0 aliphatic heterocycles. The number of nitrogens with one attached hydrogen (secondary N) is 2. The molecule has 2 unspecified atom stereocenters. The van der Waals surface area contributed by atoms with Crippen LogP contribution in [0.5, 0.6) is 0 Å². The molecule has 1 aliphatic rings. The Hall–Kier alpha value is -1.89. The molecule has 2 aromatic rings. The third-order valence-electron chi connectivity index (χ3n) is 4.16. The molecule has 1 aliphatic carbocycles. The lowest BCUT2D eigenvalue weighted by molar-refractivity contribution is 0.141. The number of aliphatic hydroxyl groups is 1. The fraction of sp³-hybridized carbons (Fsp3) is 0.615. The smallest absolute Gasteiger partial charge is 0.224 e. The van der Waals surface area contributed by atoms with E-state index in [1.807, 2.05) is 0 Å². The van der Waals surface area contributed by atoms with E-state index in [1.54, 1.807) is 6.20 Å². The molecule has 2 aromatic heterocycles. The minimum Gasteiger partial charge on any atom is -0.396 e. The van der Waals surface area contributed by atoms with Crippen LogP contribution in [-0.4, -0.2) is 38.4 Å². The first kappa shape index (κ1) is 13.1. The van der Waals surface area contributed by atoms with E-state index >= 15 is 0 Å². The molecular formula is C13H20N6O. The van der Waals surface area contributed by atoms with Gasteiger partial charge >= 0.3 is 0 Å². The van der Waals surface area contributed by atoms with Crippen molar-refractivity contribution >= 4 is 22.8 Å². The maximum atomic E-state index is 9.45. The highest BCUT2D eigenvalue weighted by molar-refractivity contribution is 5.86. The lowest BCUT2D eigenvalue weighted by Crippen LogP contribution is -2.28. The number of aromatic amines is 1. The molecule has 5 N–H and O–H groups in total. The number of nitrogen functional groups attached to an aromatic ring is 1. The molecule has 108 valence electrons. The summed E-state index contributed by atoms with van der Waals surface area (Å²) in [5, 5.41) is 20.4. The molecule has 1 fully saturated rings. The van der Waals surface area contributed by atoms with Crippen molar-refractivity contribution in [2.45, 2.75) is 25.7 Å². The fourth-order valence-electron chi connectivity index (χ4n) is 3.01. The Kier molecular flexibility index (Phi) is 3.68. The van der Waals surface area contributed by atoms with Crippen molar-refractivity contribution in [2.24, 2.45) is 11.8 Å². The maximum Gasteiger partial charge on any atom is 0.224 e. The first-order valence-corrected chi connectivity index (χ1v) is 7.09. The highest BCUT2D eigenvalue weighted by atomic mass is 16.3. The molecule has 7 nitrogen and oxygen atoms in total. The zero-order valence-corrected chi connectivity index (χ0v) is 11.3. The van der Waals surface area contributed by atoms with E-state index < -0.39 is 0 Å². The zero-order chi connectivity index (χ0) is 13.9. The SMILES string of the molecule is Nc1nc(NCC2CCCCC2CO)c2cn[nH]c2n1. The molecule has 20 heavy (non-hydrogen) atoms. The number of anilines is 2. The van der Waals surface area contributed by atoms with Gasteiger partial charge in [0.2, 0.25) is 5.95 Å². The average molecular weight is 276 g/mol. The lowest BCUT2D eigenvalue weighted by Gasteiger charge is -2.30. The molecule has 0 spiro atoms. The number of nitrogens with zero attached hydrogens (tertiary/aromatic N) is 3. The quantitative estimate of drug-likeness (QED) is 0.666. The van der Waals surface area contributed by atoms with Gasteiger partial charge in [0.05, 0.1) is 11.6 Å². The van der Waals surface area contributed by atoms with Crippen LogP contribution in [0.2, 0.25) is 0 Å². The summed E-state index contributed by atoms with van der Waals surface area (Å²) in [6.45, 7) is 1.06. The van der Waals surface area contributed by atoms with Crippen LogP contribution < -0.4 is 11.1 Å². The number of hydrogen-bond acceptors (Lipinski definition) is 6. The minimum atomic E-state index is 0.228. The Morgan fingerprint density at radius 2 is 2.10 bits per heavy atom. The normalized spacial score (nSPS) is 23.1. The molecule has 3 rings (SSSR count). The minimum absolute atomic E-state index is 0.228. The Morgan fingerprint density at radius 3 is 2.90 bits per heavy atom. The van der Waals surface area contributed by atoms with Gasteiger partial charge in [-0.2, -0.15) is 15.1 Å². The Morgan fingerprint density at radius 1 is 1.30 bits per heavy atom. The van der Waals surface area contributed by atoms with Crippen molar-refractivity contribution in [1.29, 1.82) is 0 Å². The van der Waals surface area contributed by atoms with Crippen molar-refractivity contribution in [2.75, 3.05) is 24.2 Å². The van der Waals surface area contributed by atoms with Crippen LogP contribution in [0.4, 0.5) is 11.8 Å². The third-order valence-corrected chi connectivity index (χ3v) is 4.16. The van der Waals surface area contributed by atoms with Gasteiger partial charge in [-0.3, -0.25) is 5.10 Å². The second kappa shape index (κ2) is 5.62. The Labute approximate surface area is 117 Å². The summed E-state index contributed by atoms with van der Waals surface area (Å²) in [5.41, 5.74) is 6.34. The van der Waals surface area contributed by atoms with Gasteiger partial charge in [-0.15, -0.1) is 0 Å². The largest absolute Gasteiger partial charge is 0.396 e. The number of nitrogens with two attached hydrogens (primary N) is 1. The Balaban J connectivity index is 1.74. The van der Waals surface area contributed by atoms with Crippen molar-refractivity contribution in [3.8, 4) is 0 Å². The Bertz CT molecular complexity index is 583. The molecule has 2 heterocycles. The van der Waals surface area contributed by atoms with Crippen molar-refractivity contribution in [3.05, 3.63) is 6.20 Å². The highest BCUT2D eigenvalue weighted by Crippen LogP contribution is 2.30.